The summed E-state index contributed by atoms with van der Waals surface area (Å²) in [5.74, 6) is -0.206. The van der Waals surface area contributed by atoms with Crippen molar-refractivity contribution in [2.75, 3.05) is 13.1 Å². The Balaban J connectivity index is 1.79. The van der Waals surface area contributed by atoms with E-state index in [-0.39, 0.29) is 36.8 Å². The van der Waals surface area contributed by atoms with Crippen LogP contribution in [0.25, 0.3) is 10.8 Å². The van der Waals surface area contributed by atoms with Crippen LogP contribution in [0.15, 0.2) is 42.5 Å². The van der Waals surface area contributed by atoms with Crippen molar-refractivity contribution in [2.24, 2.45) is 5.92 Å². The Bertz CT molecular complexity index is 722. The topological polar surface area (TPSA) is 78.4 Å². The van der Waals surface area contributed by atoms with Gasteiger partial charge in [-0.25, -0.2) is 0 Å². The standard InChI is InChI=1S/C20H26N2O3/c1-14(10-15(2)23)12-21-20(25)13-22-19(24)11-17-8-5-7-16-6-3-4-9-18(16)17/h3-9,14-15,23H,10-13H2,1-2H3,(H,21,25)(H,22,24). The van der Waals surface area contributed by atoms with Crippen molar-refractivity contribution in [3.63, 3.8) is 0 Å². The van der Waals surface area contributed by atoms with E-state index in [1.165, 1.54) is 0 Å². The number of hydrogen-bond donors (Lipinski definition) is 3. The van der Waals surface area contributed by atoms with E-state index >= 15 is 0 Å². The fourth-order valence-electron chi connectivity index (χ4n) is 2.88. The number of aliphatic hydroxyl groups excluding tert-OH is 1. The molecule has 5 heteroatoms. The molecule has 0 spiro atoms. The van der Waals surface area contributed by atoms with Gasteiger partial charge in [0.25, 0.3) is 0 Å². The van der Waals surface area contributed by atoms with Gasteiger partial charge in [0.05, 0.1) is 19.1 Å². The molecule has 0 aliphatic rings. The molecule has 0 saturated carbocycles. The lowest BCUT2D eigenvalue weighted by atomic mass is 10.0. The maximum atomic E-state index is 12.1. The summed E-state index contributed by atoms with van der Waals surface area (Å²) < 4.78 is 0. The van der Waals surface area contributed by atoms with E-state index in [0.29, 0.717) is 13.0 Å². The summed E-state index contributed by atoms with van der Waals surface area (Å²) in [6.45, 7) is 4.14. The number of carbonyl (C=O) groups is 2. The van der Waals surface area contributed by atoms with E-state index in [2.05, 4.69) is 10.6 Å². The van der Waals surface area contributed by atoms with Crippen LogP contribution in [0.5, 0.6) is 0 Å². The lowest BCUT2D eigenvalue weighted by molar-refractivity contribution is -0.125. The highest BCUT2D eigenvalue weighted by Gasteiger charge is 2.11. The minimum absolute atomic E-state index is 0.0367. The number of rotatable bonds is 8. The van der Waals surface area contributed by atoms with Gasteiger partial charge in [-0.3, -0.25) is 9.59 Å². The molecule has 0 saturated heterocycles. The molecule has 0 bridgehead atoms. The van der Waals surface area contributed by atoms with Crippen LogP contribution in [0.3, 0.4) is 0 Å². The zero-order valence-electron chi connectivity index (χ0n) is 14.8. The lowest BCUT2D eigenvalue weighted by Gasteiger charge is -2.14. The summed E-state index contributed by atoms with van der Waals surface area (Å²) >= 11 is 0. The molecule has 2 amide bonds. The molecule has 0 radical (unpaired) electrons. The molecular formula is C20H26N2O3. The first-order valence-corrected chi connectivity index (χ1v) is 8.64. The van der Waals surface area contributed by atoms with Gasteiger partial charge in [0.2, 0.25) is 11.8 Å². The molecule has 5 nitrogen and oxygen atoms in total. The van der Waals surface area contributed by atoms with Crippen LogP contribution in [-0.2, 0) is 16.0 Å². The average Bonchev–Trinajstić information content (AvgIpc) is 2.58. The number of amides is 2. The summed E-state index contributed by atoms with van der Waals surface area (Å²) in [5, 5.41) is 16.9. The van der Waals surface area contributed by atoms with Crippen molar-refractivity contribution in [1.82, 2.24) is 10.6 Å². The highest BCUT2D eigenvalue weighted by Crippen LogP contribution is 2.18. The van der Waals surface area contributed by atoms with Crippen molar-refractivity contribution in [3.8, 4) is 0 Å². The van der Waals surface area contributed by atoms with Gasteiger partial charge in [-0.15, -0.1) is 0 Å². The second-order valence-corrected chi connectivity index (χ2v) is 6.59. The van der Waals surface area contributed by atoms with Crippen LogP contribution in [0.2, 0.25) is 0 Å². The zero-order chi connectivity index (χ0) is 18.2. The highest BCUT2D eigenvalue weighted by molar-refractivity contribution is 5.91. The molecule has 2 aromatic rings. The monoisotopic (exact) mass is 342 g/mol. The Morgan fingerprint density at radius 1 is 1.00 bits per heavy atom. The Hall–Kier alpha value is -2.40. The molecule has 134 valence electrons. The molecule has 0 heterocycles. The third-order valence-electron chi connectivity index (χ3n) is 4.07. The molecule has 0 aliphatic heterocycles. The molecule has 2 rings (SSSR count). The molecule has 25 heavy (non-hydrogen) atoms. The van der Waals surface area contributed by atoms with Crippen LogP contribution >= 0.6 is 0 Å². The SMILES string of the molecule is CC(O)CC(C)CNC(=O)CNC(=O)Cc1cccc2ccccc12. The average molecular weight is 342 g/mol. The Kier molecular flexibility index (Phi) is 6.95. The van der Waals surface area contributed by atoms with Crippen molar-refractivity contribution in [3.05, 3.63) is 48.0 Å². The van der Waals surface area contributed by atoms with Crippen molar-refractivity contribution >= 4 is 22.6 Å². The number of benzene rings is 2. The Morgan fingerprint density at radius 3 is 2.48 bits per heavy atom. The van der Waals surface area contributed by atoms with Crippen molar-refractivity contribution in [1.29, 1.82) is 0 Å². The van der Waals surface area contributed by atoms with Crippen LogP contribution in [-0.4, -0.2) is 36.1 Å². The maximum absolute atomic E-state index is 12.1. The van der Waals surface area contributed by atoms with Gasteiger partial charge in [0.1, 0.15) is 0 Å². The van der Waals surface area contributed by atoms with Crippen LogP contribution in [0.4, 0.5) is 0 Å². The summed E-state index contributed by atoms with van der Waals surface area (Å²) in [5.41, 5.74) is 0.946. The third kappa shape index (κ3) is 6.19. The fraction of sp³-hybridized carbons (Fsp3) is 0.400. The predicted molar refractivity (Wildman–Crippen MR) is 99.1 cm³/mol. The Morgan fingerprint density at radius 2 is 1.72 bits per heavy atom. The second kappa shape index (κ2) is 9.18. The van der Waals surface area contributed by atoms with Crippen LogP contribution < -0.4 is 10.6 Å². The van der Waals surface area contributed by atoms with Gasteiger partial charge in [-0.2, -0.15) is 0 Å². The van der Waals surface area contributed by atoms with E-state index in [1.54, 1.807) is 6.92 Å². The molecule has 0 aliphatic carbocycles. The summed E-state index contributed by atoms with van der Waals surface area (Å²) in [4.78, 5) is 23.9. The molecule has 2 aromatic carbocycles. The first kappa shape index (κ1) is 18.9. The van der Waals surface area contributed by atoms with Gasteiger partial charge in [-0.05, 0) is 35.6 Å². The van der Waals surface area contributed by atoms with Crippen LogP contribution in [0.1, 0.15) is 25.8 Å². The molecule has 3 N–H and O–H groups in total. The normalized spacial score (nSPS) is 13.2. The smallest absolute Gasteiger partial charge is 0.239 e. The third-order valence-corrected chi connectivity index (χ3v) is 4.07. The van der Waals surface area contributed by atoms with Crippen molar-refractivity contribution in [2.45, 2.75) is 32.8 Å². The molecular weight excluding hydrogens is 316 g/mol. The number of carbonyl (C=O) groups excluding carboxylic acids is 2. The summed E-state index contributed by atoms with van der Waals surface area (Å²) in [6, 6.07) is 13.8. The molecule has 2 unspecified atom stereocenters. The number of hydrogen-bond acceptors (Lipinski definition) is 3. The van der Waals surface area contributed by atoms with Gasteiger partial charge in [0, 0.05) is 6.54 Å². The van der Waals surface area contributed by atoms with E-state index in [1.807, 2.05) is 49.4 Å². The van der Waals surface area contributed by atoms with Crippen LogP contribution in [0, 0.1) is 5.92 Å². The summed E-state index contributed by atoms with van der Waals surface area (Å²) in [6.07, 6.45) is 0.494. The Labute approximate surface area is 148 Å². The predicted octanol–water partition coefficient (Wildman–Crippen LogP) is 2.02. The molecule has 0 fully saturated rings. The van der Waals surface area contributed by atoms with Gasteiger partial charge < -0.3 is 15.7 Å². The van der Waals surface area contributed by atoms with E-state index in [4.69, 9.17) is 0 Å². The highest BCUT2D eigenvalue weighted by atomic mass is 16.3. The zero-order valence-corrected chi connectivity index (χ0v) is 14.8. The molecule has 2 atom stereocenters. The number of nitrogens with one attached hydrogen (secondary N) is 2. The minimum atomic E-state index is -0.382. The number of aliphatic hydroxyl groups is 1. The van der Waals surface area contributed by atoms with Gasteiger partial charge in [0.15, 0.2) is 0 Å². The minimum Gasteiger partial charge on any atom is -0.393 e. The number of fused-ring (bicyclic) bond motifs is 1. The van der Waals surface area contributed by atoms with E-state index in [9.17, 15) is 14.7 Å². The largest absolute Gasteiger partial charge is 0.393 e. The van der Waals surface area contributed by atoms with E-state index in [0.717, 1.165) is 16.3 Å². The van der Waals surface area contributed by atoms with Gasteiger partial charge >= 0.3 is 0 Å². The maximum Gasteiger partial charge on any atom is 0.239 e. The van der Waals surface area contributed by atoms with E-state index < -0.39 is 0 Å². The fourth-order valence-corrected chi connectivity index (χ4v) is 2.88. The second-order valence-electron chi connectivity index (χ2n) is 6.59. The van der Waals surface area contributed by atoms with Crippen molar-refractivity contribution < 1.29 is 14.7 Å². The first-order chi connectivity index (χ1) is 12.0. The molecule has 0 aromatic heterocycles. The first-order valence-electron chi connectivity index (χ1n) is 8.64. The quantitative estimate of drug-likeness (QED) is 0.687. The lowest BCUT2D eigenvalue weighted by Crippen LogP contribution is -2.39. The van der Waals surface area contributed by atoms with Gasteiger partial charge in [-0.1, -0.05) is 49.4 Å². The summed E-state index contributed by atoms with van der Waals surface area (Å²) in [7, 11) is 0.